The number of Topliss-reactive ketones (excluding diaryl/α,β-unsaturated/α-hetero) is 1. The van der Waals surface area contributed by atoms with Gasteiger partial charge in [0, 0.05) is 49.6 Å². The molecule has 3 aromatic rings. The van der Waals surface area contributed by atoms with E-state index < -0.39 is 113 Å². The number of benzene rings is 3. The molecule has 12 atom stereocenters. The Bertz CT molecular complexity index is 2380. The molecule has 0 radical (unpaired) electrons. The lowest BCUT2D eigenvalue weighted by atomic mass is 9.44. The standard InChI is InChI=1S/C48H55N2O14P/c1-25-32(62-44(58)37(54)36(28-13-9-7-10-14-28)50-42(56)29-17-19-31(20-18-29)49-24-65)22-48(59)41(63-43(57)30-15-11-8-12-16-30)39-46(6,33(53)21-34-47(39,23-60-34)64-27(3)52)40(55)38(61-26(2)51)35(25)45(48,4)5/h7-20,32-34,36-39,41,49,53-54,59H,21-24,65H2,1-6H3,(H,50,56)/t32-,33-,34+,36?,37+,38+,39-,41-,46+,47-,48+/m0/s1. The van der Waals surface area contributed by atoms with Crippen LogP contribution in [0.1, 0.15) is 86.7 Å². The van der Waals surface area contributed by atoms with E-state index in [9.17, 15) is 39.3 Å². The summed E-state index contributed by atoms with van der Waals surface area (Å²) in [6.45, 7) is 7.97. The van der Waals surface area contributed by atoms with E-state index in [4.69, 9.17) is 23.7 Å². The Kier molecular flexibility index (Phi) is 13.2. The van der Waals surface area contributed by atoms with Crippen LogP contribution in [0.4, 0.5) is 5.69 Å². The van der Waals surface area contributed by atoms with E-state index in [2.05, 4.69) is 19.9 Å². The third-order valence-corrected chi connectivity index (χ3v) is 14.1. The van der Waals surface area contributed by atoms with Gasteiger partial charge in [-0.1, -0.05) is 62.4 Å². The van der Waals surface area contributed by atoms with Crippen LogP contribution in [0.3, 0.4) is 0 Å². The van der Waals surface area contributed by atoms with Crippen LogP contribution in [0, 0.1) is 16.7 Å². The average molecular weight is 915 g/mol. The van der Waals surface area contributed by atoms with Crippen LogP contribution in [0.25, 0.3) is 0 Å². The van der Waals surface area contributed by atoms with Gasteiger partial charge >= 0.3 is 23.9 Å². The highest BCUT2D eigenvalue weighted by atomic mass is 31.0. The Balaban J connectivity index is 1.36. The molecule has 2 saturated carbocycles. The number of fused-ring (bicyclic) bond motifs is 5. The number of ketones is 1. The molecular weight excluding hydrogens is 860 g/mol. The number of ether oxygens (including phenoxy) is 5. The largest absolute Gasteiger partial charge is 0.456 e. The maximum Gasteiger partial charge on any atom is 0.338 e. The van der Waals surface area contributed by atoms with Crippen molar-refractivity contribution >= 4 is 50.5 Å². The Hall–Kier alpha value is -5.51. The molecule has 17 heteroatoms. The number of carbonyl (C=O) groups is 6. The van der Waals surface area contributed by atoms with Gasteiger partial charge in [-0.15, -0.1) is 9.24 Å². The van der Waals surface area contributed by atoms with E-state index in [0.717, 1.165) is 19.5 Å². The summed E-state index contributed by atoms with van der Waals surface area (Å²) in [6, 6.07) is 21.3. The van der Waals surface area contributed by atoms with E-state index >= 15 is 4.79 Å². The van der Waals surface area contributed by atoms with Gasteiger partial charge in [-0.25, -0.2) is 9.59 Å². The van der Waals surface area contributed by atoms with Crippen molar-refractivity contribution in [1.29, 1.82) is 0 Å². The topological polar surface area (TPSA) is 233 Å². The quantitative estimate of drug-likeness (QED) is 0.0749. The molecule has 3 aliphatic carbocycles. The van der Waals surface area contributed by atoms with Gasteiger partial charge in [0.2, 0.25) is 0 Å². The van der Waals surface area contributed by atoms with E-state index in [1.165, 1.54) is 26.0 Å². The number of hydrogen-bond donors (Lipinski definition) is 5. The minimum absolute atomic E-state index is 0.00703. The Morgan fingerprint density at radius 3 is 2.08 bits per heavy atom. The number of rotatable bonds is 12. The number of anilines is 1. The van der Waals surface area contributed by atoms with Gasteiger partial charge in [0.15, 0.2) is 23.6 Å². The second-order valence-corrected chi connectivity index (χ2v) is 18.4. The van der Waals surface area contributed by atoms with Crippen molar-refractivity contribution in [2.45, 2.75) is 108 Å². The lowest BCUT2D eigenvalue weighted by molar-refractivity contribution is -0.346. The molecule has 346 valence electrons. The fourth-order valence-electron chi connectivity index (χ4n) is 10.5. The van der Waals surface area contributed by atoms with Crippen LogP contribution < -0.4 is 10.6 Å². The molecule has 4 aliphatic rings. The van der Waals surface area contributed by atoms with Crippen molar-refractivity contribution < 1.29 is 67.8 Å². The molecule has 1 saturated heterocycles. The molecule has 65 heavy (non-hydrogen) atoms. The highest BCUT2D eigenvalue weighted by molar-refractivity contribution is 7.16. The third kappa shape index (κ3) is 8.24. The van der Waals surface area contributed by atoms with Gasteiger partial charge in [0.1, 0.15) is 23.9 Å². The van der Waals surface area contributed by atoms with E-state index in [-0.39, 0.29) is 35.3 Å². The summed E-state index contributed by atoms with van der Waals surface area (Å²) in [6.07, 6.45) is -10.00. The number of hydrogen-bond acceptors (Lipinski definition) is 15. The fourth-order valence-corrected chi connectivity index (χ4v) is 10.7. The molecule has 7 rings (SSSR count). The first-order chi connectivity index (χ1) is 30.7. The van der Waals surface area contributed by atoms with Crippen molar-refractivity contribution in [3.8, 4) is 0 Å². The summed E-state index contributed by atoms with van der Waals surface area (Å²) >= 11 is 0. The number of aliphatic hydroxyl groups excluding tert-OH is 2. The first-order valence-electron chi connectivity index (χ1n) is 21.4. The third-order valence-electron chi connectivity index (χ3n) is 13.9. The van der Waals surface area contributed by atoms with E-state index in [1.807, 2.05) is 0 Å². The summed E-state index contributed by atoms with van der Waals surface area (Å²) < 4.78 is 30.4. The molecule has 1 amide bonds. The predicted molar refractivity (Wildman–Crippen MR) is 236 cm³/mol. The summed E-state index contributed by atoms with van der Waals surface area (Å²) in [7, 11) is 2.54. The summed E-state index contributed by atoms with van der Waals surface area (Å²) in [5.74, 6) is -6.88. The van der Waals surface area contributed by atoms with Crippen LogP contribution >= 0.6 is 9.24 Å². The highest BCUT2D eigenvalue weighted by Gasteiger charge is 2.78. The van der Waals surface area contributed by atoms with Crippen LogP contribution in [0.15, 0.2) is 96.1 Å². The maximum atomic E-state index is 15.5. The second kappa shape index (κ2) is 18.0. The minimum atomic E-state index is -2.40. The summed E-state index contributed by atoms with van der Waals surface area (Å²) in [5.41, 5.74) is -6.33. The lowest BCUT2D eigenvalue weighted by Gasteiger charge is -2.67. The van der Waals surface area contributed by atoms with E-state index in [0.29, 0.717) is 11.8 Å². The number of amides is 1. The summed E-state index contributed by atoms with van der Waals surface area (Å²) in [5, 5.41) is 43.6. The van der Waals surface area contributed by atoms with Crippen molar-refractivity contribution in [1.82, 2.24) is 5.32 Å². The fraction of sp³-hybridized carbons (Fsp3) is 0.458. The SMILES string of the molecule is CC(=O)O[C@H]1C(=O)[C@@]2(C)[C@H]([C@H](OC(=O)c3ccccc3)[C@]3(O)C[C@H](OC(=O)[C@H](O)C(NC(=O)c4ccc(NCP)cc4)c4ccccc4)C(C)=C1C3(C)C)[C@]1(OC(C)=O)CO[C@@H]1C[C@@H]2O. The highest BCUT2D eigenvalue weighted by Crippen LogP contribution is 2.64. The second-order valence-electron chi connectivity index (χ2n) is 17.9. The van der Waals surface area contributed by atoms with Crippen LogP contribution in [-0.2, 0) is 42.9 Å². The smallest absolute Gasteiger partial charge is 0.338 e. The van der Waals surface area contributed by atoms with Crippen molar-refractivity contribution in [2.75, 3.05) is 18.2 Å². The van der Waals surface area contributed by atoms with Crippen molar-refractivity contribution in [3.63, 3.8) is 0 Å². The molecule has 1 heterocycles. The van der Waals surface area contributed by atoms with Crippen LogP contribution in [0.5, 0.6) is 0 Å². The van der Waals surface area contributed by atoms with Gasteiger partial charge < -0.3 is 49.6 Å². The van der Waals surface area contributed by atoms with Crippen LogP contribution in [0.2, 0.25) is 0 Å². The Labute approximate surface area is 378 Å². The van der Waals surface area contributed by atoms with E-state index in [1.54, 1.807) is 86.6 Å². The van der Waals surface area contributed by atoms with Gasteiger partial charge in [0.05, 0.1) is 35.6 Å². The molecule has 2 unspecified atom stereocenters. The molecule has 0 aromatic heterocycles. The molecule has 0 spiro atoms. The van der Waals surface area contributed by atoms with Gasteiger partial charge in [-0.3, -0.25) is 19.2 Å². The van der Waals surface area contributed by atoms with Crippen molar-refractivity contribution in [3.05, 3.63) is 113 Å². The van der Waals surface area contributed by atoms with Gasteiger partial charge in [-0.2, -0.15) is 0 Å². The average Bonchev–Trinajstić information content (AvgIpc) is 3.26. The first-order valence-corrected chi connectivity index (χ1v) is 22.2. The van der Waals surface area contributed by atoms with Crippen molar-refractivity contribution in [2.24, 2.45) is 16.7 Å². The molecular formula is C48H55N2O14P. The molecule has 16 nitrogen and oxygen atoms in total. The number of esters is 4. The maximum absolute atomic E-state index is 15.5. The zero-order valence-corrected chi connectivity index (χ0v) is 38.1. The number of aliphatic hydroxyl groups is 3. The normalized spacial score (nSPS) is 30.9. The van der Waals surface area contributed by atoms with Crippen LogP contribution in [-0.4, -0.2) is 112 Å². The number of carbonyl (C=O) groups excluding carboxylic acids is 6. The molecule has 5 N–H and O–H groups in total. The monoisotopic (exact) mass is 914 g/mol. The zero-order chi connectivity index (χ0) is 47.2. The van der Waals surface area contributed by atoms with Gasteiger partial charge in [0.25, 0.3) is 5.91 Å². The molecule has 1 aliphatic heterocycles. The Morgan fingerprint density at radius 1 is 0.877 bits per heavy atom. The molecule has 3 fully saturated rings. The predicted octanol–water partition coefficient (Wildman–Crippen LogP) is 3.98. The number of nitrogens with one attached hydrogen (secondary N) is 2. The molecule has 2 bridgehead atoms. The molecule has 3 aromatic carbocycles. The summed E-state index contributed by atoms with van der Waals surface area (Å²) in [4.78, 5) is 84.0. The zero-order valence-electron chi connectivity index (χ0n) is 36.9. The van der Waals surface area contributed by atoms with Gasteiger partial charge in [-0.05, 0) is 67.0 Å². The first kappa shape index (κ1) is 47.5. The minimum Gasteiger partial charge on any atom is -0.456 e. The Morgan fingerprint density at radius 2 is 1.51 bits per heavy atom. The lowest BCUT2D eigenvalue weighted by Crippen LogP contribution is -2.82.